The zero-order chi connectivity index (χ0) is 19.0. The minimum atomic E-state index is -0.199. The van der Waals surface area contributed by atoms with Crippen LogP contribution in [-0.4, -0.2) is 45.5 Å². The smallest absolute Gasteiger partial charge is 0.259 e. The average Bonchev–Trinajstić information content (AvgIpc) is 3.28. The summed E-state index contributed by atoms with van der Waals surface area (Å²) in [7, 11) is 1.61. The molecule has 140 valence electrons. The number of H-pyrrole nitrogens is 1. The molecule has 0 aliphatic carbocycles. The van der Waals surface area contributed by atoms with Crippen LogP contribution in [0.1, 0.15) is 25.8 Å². The number of hydrogen-bond donors (Lipinski definition) is 1. The number of nitrogens with zero attached hydrogens (tertiary/aromatic N) is 3. The van der Waals surface area contributed by atoms with Gasteiger partial charge < -0.3 is 19.2 Å². The van der Waals surface area contributed by atoms with Gasteiger partial charge in [0.15, 0.2) is 0 Å². The highest BCUT2D eigenvalue weighted by molar-refractivity contribution is 5.84. The van der Waals surface area contributed by atoms with Crippen molar-refractivity contribution in [3.8, 4) is 17.1 Å². The lowest BCUT2D eigenvalue weighted by Crippen LogP contribution is -2.26. The Morgan fingerprint density at radius 3 is 2.93 bits per heavy atom. The molecular formula is C20H22N4O3. The molecular weight excluding hydrogens is 344 g/mol. The number of benzene rings is 1. The Bertz CT molecular complexity index is 1050. The molecule has 1 N–H and O–H groups in total. The van der Waals surface area contributed by atoms with Crippen molar-refractivity contribution in [2.24, 2.45) is 0 Å². The summed E-state index contributed by atoms with van der Waals surface area (Å²) in [6.07, 6.45) is 4.89. The number of likely N-dealkylation sites (tertiary alicyclic amines) is 1. The van der Waals surface area contributed by atoms with Gasteiger partial charge in [-0.25, -0.2) is 4.98 Å². The molecule has 0 radical (unpaired) electrons. The van der Waals surface area contributed by atoms with Crippen molar-refractivity contribution in [3.63, 3.8) is 0 Å². The third kappa shape index (κ3) is 3.09. The second-order valence-corrected chi connectivity index (χ2v) is 6.82. The molecule has 1 saturated heterocycles. The van der Waals surface area contributed by atoms with Gasteiger partial charge >= 0.3 is 0 Å². The van der Waals surface area contributed by atoms with Gasteiger partial charge in [-0.05, 0) is 30.7 Å². The molecule has 4 rings (SSSR count). The molecule has 1 amide bonds. The molecule has 0 spiro atoms. The minimum Gasteiger partial charge on any atom is -0.497 e. The van der Waals surface area contributed by atoms with Crippen molar-refractivity contribution in [1.82, 2.24) is 19.4 Å². The lowest BCUT2D eigenvalue weighted by atomic mass is 10.1. The molecule has 7 heteroatoms. The van der Waals surface area contributed by atoms with Gasteiger partial charge in [0.1, 0.15) is 11.6 Å². The molecule has 1 aliphatic rings. The van der Waals surface area contributed by atoms with Crippen molar-refractivity contribution in [1.29, 1.82) is 0 Å². The first kappa shape index (κ1) is 17.3. The van der Waals surface area contributed by atoms with Crippen LogP contribution in [0.4, 0.5) is 0 Å². The predicted molar refractivity (Wildman–Crippen MR) is 103 cm³/mol. The molecule has 2 aromatic heterocycles. The molecule has 3 heterocycles. The Hall–Kier alpha value is -3.09. The van der Waals surface area contributed by atoms with Crippen LogP contribution in [0.15, 0.2) is 41.5 Å². The summed E-state index contributed by atoms with van der Waals surface area (Å²) in [5.74, 6) is 1.45. The second-order valence-electron chi connectivity index (χ2n) is 6.82. The summed E-state index contributed by atoms with van der Waals surface area (Å²) in [5.41, 5.74) is 1.03. The van der Waals surface area contributed by atoms with Gasteiger partial charge in [0.05, 0.1) is 18.7 Å². The first-order valence-electron chi connectivity index (χ1n) is 9.12. The van der Waals surface area contributed by atoms with Gasteiger partial charge in [-0.15, -0.1) is 0 Å². The van der Waals surface area contributed by atoms with E-state index in [9.17, 15) is 9.59 Å². The van der Waals surface area contributed by atoms with Crippen LogP contribution in [-0.2, 0) is 4.79 Å². The molecule has 0 bridgehead atoms. The molecule has 1 atom stereocenters. The fraction of sp³-hybridized carbons (Fsp3) is 0.350. The van der Waals surface area contributed by atoms with E-state index >= 15 is 0 Å². The van der Waals surface area contributed by atoms with Crippen LogP contribution in [0.5, 0.6) is 5.75 Å². The largest absolute Gasteiger partial charge is 0.497 e. The van der Waals surface area contributed by atoms with E-state index in [-0.39, 0.29) is 17.5 Å². The van der Waals surface area contributed by atoms with Gasteiger partial charge in [0.2, 0.25) is 5.91 Å². The van der Waals surface area contributed by atoms with Crippen molar-refractivity contribution in [3.05, 3.63) is 47.0 Å². The van der Waals surface area contributed by atoms with Crippen molar-refractivity contribution in [2.45, 2.75) is 25.8 Å². The van der Waals surface area contributed by atoms with E-state index in [0.717, 1.165) is 29.6 Å². The van der Waals surface area contributed by atoms with Crippen molar-refractivity contribution in [2.75, 3.05) is 20.2 Å². The number of nitrogens with one attached hydrogen (secondary N) is 1. The molecule has 1 unspecified atom stereocenters. The van der Waals surface area contributed by atoms with Crippen molar-refractivity contribution >= 4 is 16.8 Å². The summed E-state index contributed by atoms with van der Waals surface area (Å²) in [6.45, 7) is 3.47. The summed E-state index contributed by atoms with van der Waals surface area (Å²) in [5, 5.41) is 0.869. The summed E-state index contributed by atoms with van der Waals surface area (Å²) in [6, 6.07) is 7.33. The Balaban J connectivity index is 1.75. The van der Waals surface area contributed by atoms with Gasteiger partial charge in [0, 0.05) is 42.8 Å². The first-order chi connectivity index (χ1) is 13.1. The number of rotatable bonds is 5. The Morgan fingerprint density at radius 2 is 2.15 bits per heavy atom. The van der Waals surface area contributed by atoms with Crippen LogP contribution in [0, 0.1) is 0 Å². The number of amides is 1. The number of carbonyl (C=O) groups is 1. The maximum Gasteiger partial charge on any atom is 0.259 e. The predicted octanol–water partition coefficient (Wildman–Crippen LogP) is 2.58. The monoisotopic (exact) mass is 366 g/mol. The number of imidazole rings is 1. The van der Waals surface area contributed by atoms with Crippen molar-refractivity contribution < 1.29 is 9.53 Å². The van der Waals surface area contributed by atoms with E-state index in [1.54, 1.807) is 13.3 Å². The van der Waals surface area contributed by atoms with Gasteiger partial charge in [-0.3, -0.25) is 9.59 Å². The fourth-order valence-electron chi connectivity index (χ4n) is 3.72. The maximum atomic E-state index is 12.7. The van der Waals surface area contributed by atoms with E-state index in [1.165, 1.54) is 0 Å². The highest BCUT2D eigenvalue weighted by Gasteiger charge is 2.31. The SMILES string of the molecule is CCCN1CC(n2ccnc2-c2cc3cc(OC)ccc3[nH]c2=O)CC1=O. The molecule has 7 nitrogen and oxygen atoms in total. The van der Waals surface area contributed by atoms with Gasteiger partial charge in [0.25, 0.3) is 5.56 Å². The number of aromatic amines is 1. The minimum absolute atomic E-state index is 0.0121. The summed E-state index contributed by atoms with van der Waals surface area (Å²) < 4.78 is 7.23. The van der Waals surface area contributed by atoms with E-state index in [2.05, 4.69) is 16.9 Å². The zero-order valence-corrected chi connectivity index (χ0v) is 15.4. The number of carbonyl (C=O) groups excluding carboxylic acids is 1. The lowest BCUT2D eigenvalue weighted by Gasteiger charge is -2.17. The number of methoxy groups -OCH3 is 1. The number of pyridine rings is 1. The number of hydrogen-bond acceptors (Lipinski definition) is 4. The molecule has 1 fully saturated rings. The lowest BCUT2D eigenvalue weighted by molar-refractivity contribution is -0.127. The number of aromatic nitrogens is 3. The highest BCUT2D eigenvalue weighted by atomic mass is 16.5. The number of fused-ring (bicyclic) bond motifs is 1. The quantitative estimate of drug-likeness (QED) is 0.753. The fourth-order valence-corrected chi connectivity index (χ4v) is 3.72. The van der Waals surface area contributed by atoms with Gasteiger partial charge in [-0.1, -0.05) is 6.92 Å². The van der Waals surface area contributed by atoms with E-state index in [4.69, 9.17) is 4.74 Å². The first-order valence-corrected chi connectivity index (χ1v) is 9.12. The third-order valence-corrected chi connectivity index (χ3v) is 5.04. The Kier molecular flexibility index (Phi) is 4.43. The van der Waals surface area contributed by atoms with E-state index in [1.807, 2.05) is 39.9 Å². The highest BCUT2D eigenvalue weighted by Crippen LogP contribution is 2.28. The van der Waals surface area contributed by atoms with Crippen LogP contribution in [0.25, 0.3) is 22.3 Å². The summed E-state index contributed by atoms with van der Waals surface area (Å²) in [4.78, 5) is 34.1. The molecule has 1 aromatic carbocycles. The van der Waals surface area contributed by atoms with Crippen LogP contribution < -0.4 is 10.3 Å². The van der Waals surface area contributed by atoms with Gasteiger partial charge in [-0.2, -0.15) is 0 Å². The third-order valence-electron chi connectivity index (χ3n) is 5.04. The van der Waals surface area contributed by atoms with E-state index < -0.39 is 0 Å². The topological polar surface area (TPSA) is 80.2 Å². The standard InChI is InChI=1S/C20H22N4O3/c1-3-7-23-12-14(11-18(23)25)24-8-6-21-19(24)16-10-13-9-15(27-2)4-5-17(13)22-20(16)26/h4-6,8-10,14H,3,7,11-12H2,1-2H3,(H,22,26). The molecule has 1 aliphatic heterocycles. The normalized spacial score (nSPS) is 17.0. The second kappa shape index (κ2) is 6.90. The Labute approximate surface area is 156 Å². The maximum absolute atomic E-state index is 12.7. The summed E-state index contributed by atoms with van der Waals surface area (Å²) >= 11 is 0. The number of ether oxygens (including phenoxy) is 1. The molecule has 27 heavy (non-hydrogen) atoms. The van der Waals surface area contributed by atoms with Crippen LogP contribution >= 0.6 is 0 Å². The molecule has 3 aromatic rings. The zero-order valence-electron chi connectivity index (χ0n) is 15.4. The molecule has 0 saturated carbocycles. The van der Waals surface area contributed by atoms with Crippen LogP contribution in [0.2, 0.25) is 0 Å². The average molecular weight is 366 g/mol. The van der Waals surface area contributed by atoms with E-state index in [0.29, 0.717) is 24.4 Å². The van der Waals surface area contributed by atoms with Crippen LogP contribution in [0.3, 0.4) is 0 Å². The Morgan fingerprint density at radius 1 is 1.30 bits per heavy atom.